The molecule has 0 aromatic heterocycles. The maximum atomic E-state index is 12.8. The van der Waals surface area contributed by atoms with Gasteiger partial charge in [-0.25, -0.2) is 0 Å². The van der Waals surface area contributed by atoms with Gasteiger partial charge in [0.2, 0.25) is 5.91 Å². The van der Waals surface area contributed by atoms with E-state index in [0.717, 1.165) is 28.1 Å². The number of nitrogens with zero attached hydrogens (tertiary/aromatic N) is 1. The number of rotatable bonds is 3. The third kappa shape index (κ3) is 3.08. The van der Waals surface area contributed by atoms with E-state index in [-0.39, 0.29) is 5.91 Å². The van der Waals surface area contributed by atoms with Gasteiger partial charge in [-0.3, -0.25) is 4.79 Å². The van der Waals surface area contributed by atoms with Crippen molar-refractivity contribution >= 4 is 11.6 Å². The summed E-state index contributed by atoms with van der Waals surface area (Å²) in [4.78, 5) is 14.6. The molecular weight excluding hydrogens is 290 g/mol. The Morgan fingerprint density at radius 1 is 1.26 bits per heavy atom. The highest BCUT2D eigenvalue weighted by molar-refractivity contribution is 5.96. The monoisotopic (exact) mass is 311 g/mol. The van der Waals surface area contributed by atoms with Crippen LogP contribution in [-0.4, -0.2) is 24.7 Å². The summed E-state index contributed by atoms with van der Waals surface area (Å²) in [6.07, 6.45) is 0.425. The summed E-state index contributed by atoms with van der Waals surface area (Å²) in [7, 11) is 1.62. The maximum Gasteiger partial charge on any atom is 0.231 e. The van der Waals surface area contributed by atoms with Gasteiger partial charge in [0, 0.05) is 12.1 Å². The molecule has 1 aliphatic rings. The molecule has 4 heteroatoms. The minimum absolute atomic E-state index is 0.0533. The highest BCUT2D eigenvalue weighted by Gasteiger charge is 2.28. The van der Waals surface area contributed by atoms with E-state index in [4.69, 9.17) is 4.74 Å². The van der Waals surface area contributed by atoms with Crippen molar-refractivity contribution in [2.45, 2.75) is 25.9 Å². The van der Waals surface area contributed by atoms with Crippen LogP contribution in [0.25, 0.3) is 0 Å². The summed E-state index contributed by atoms with van der Waals surface area (Å²) in [5, 5.41) is 10.2. The number of para-hydroxylation sites is 1. The van der Waals surface area contributed by atoms with Gasteiger partial charge in [0.05, 0.1) is 25.3 Å². The number of aliphatic hydroxyl groups is 1. The molecule has 2 aromatic carbocycles. The zero-order valence-corrected chi connectivity index (χ0v) is 13.5. The standard InChI is InChI=1S/C19H21NO3/c1-13-4-3-5-16-17(21)10-11-20(19(13)16)18(22)12-14-6-8-15(23-2)9-7-14/h3-9,17,21H,10-12H2,1-2H3. The predicted molar refractivity (Wildman–Crippen MR) is 89.8 cm³/mol. The summed E-state index contributed by atoms with van der Waals surface area (Å²) >= 11 is 0. The molecule has 1 atom stereocenters. The average molecular weight is 311 g/mol. The first-order chi connectivity index (χ1) is 11.1. The molecule has 4 nitrogen and oxygen atoms in total. The molecule has 0 fully saturated rings. The summed E-state index contributed by atoms with van der Waals surface area (Å²) in [5.41, 5.74) is 3.69. The number of ether oxygens (including phenoxy) is 1. The molecule has 0 bridgehead atoms. The lowest BCUT2D eigenvalue weighted by atomic mass is 9.95. The molecule has 1 aliphatic heterocycles. The van der Waals surface area contributed by atoms with E-state index in [9.17, 15) is 9.90 Å². The molecule has 1 heterocycles. The Balaban J connectivity index is 1.84. The first-order valence-corrected chi connectivity index (χ1v) is 7.81. The van der Waals surface area contributed by atoms with Crippen LogP contribution in [0.5, 0.6) is 5.75 Å². The van der Waals surface area contributed by atoms with Gasteiger partial charge in [-0.2, -0.15) is 0 Å². The Morgan fingerprint density at radius 2 is 2.00 bits per heavy atom. The Morgan fingerprint density at radius 3 is 2.70 bits per heavy atom. The minimum atomic E-state index is -0.491. The first kappa shape index (κ1) is 15.6. The molecule has 1 amide bonds. The Kier molecular flexibility index (Phi) is 4.35. The fraction of sp³-hybridized carbons (Fsp3) is 0.316. The van der Waals surface area contributed by atoms with Crippen LogP contribution in [0.1, 0.15) is 29.2 Å². The fourth-order valence-corrected chi connectivity index (χ4v) is 3.10. The van der Waals surface area contributed by atoms with Gasteiger partial charge in [-0.1, -0.05) is 30.3 Å². The number of anilines is 1. The molecule has 0 saturated heterocycles. The quantitative estimate of drug-likeness (QED) is 0.948. The van der Waals surface area contributed by atoms with Crippen molar-refractivity contribution in [3.63, 3.8) is 0 Å². The minimum Gasteiger partial charge on any atom is -0.497 e. The van der Waals surface area contributed by atoms with Crippen molar-refractivity contribution in [3.05, 3.63) is 59.2 Å². The summed E-state index contributed by atoms with van der Waals surface area (Å²) < 4.78 is 5.14. The molecule has 0 saturated carbocycles. The molecule has 23 heavy (non-hydrogen) atoms. The van der Waals surface area contributed by atoms with Gasteiger partial charge >= 0.3 is 0 Å². The molecule has 120 valence electrons. The molecule has 0 radical (unpaired) electrons. The fourth-order valence-electron chi connectivity index (χ4n) is 3.10. The molecule has 1 N–H and O–H groups in total. The second-order valence-corrected chi connectivity index (χ2v) is 5.89. The third-order valence-electron chi connectivity index (χ3n) is 4.34. The zero-order chi connectivity index (χ0) is 16.4. The topological polar surface area (TPSA) is 49.8 Å². The molecular formula is C19H21NO3. The van der Waals surface area contributed by atoms with Crippen molar-refractivity contribution in [3.8, 4) is 5.75 Å². The lowest BCUT2D eigenvalue weighted by Crippen LogP contribution is -2.38. The second-order valence-electron chi connectivity index (χ2n) is 5.89. The largest absolute Gasteiger partial charge is 0.497 e. The lowest BCUT2D eigenvalue weighted by Gasteiger charge is -2.33. The number of fused-ring (bicyclic) bond motifs is 1. The number of hydrogen-bond donors (Lipinski definition) is 1. The van der Waals surface area contributed by atoms with Gasteiger partial charge < -0.3 is 14.7 Å². The summed E-state index contributed by atoms with van der Waals surface area (Å²) in [5.74, 6) is 0.834. The number of methoxy groups -OCH3 is 1. The molecule has 2 aromatic rings. The number of benzene rings is 2. The Bertz CT molecular complexity index is 709. The smallest absolute Gasteiger partial charge is 0.231 e. The third-order valence-corrected chi connectivity index (χ3v) is 4.34. The SMILES string of the molecule is COc1ccc(CC(=O)N2CCC(O)c3cccc(C)c32)cc1. The lowest BCUT2D eigenvalue weighted by molar-refractivity contribution is -0.118. The number of carbonyl (C=O) groups excluding carboxylic acids is 1. The number of aryl methyl sites for hydroxylation is 1. The zero-order valence-electron chi connectivity index (χ0n) is 13.5. The number of aliphatic hydroxyl groups excluding tert-OH is 1. The van der Waals surface area contributed by atoms with Crippen LogP contribution in [0.2, 0.25) is 0 Å². The van der Waals surface area contributed by atoms with Crippen LogP contribution >= 0.6 is 0 Å². The van der Waals surface area contributed by atoms with E-state index in [1.165, 1.54) is 0 Å². The number of amides is 1. The Labute approximate surface area is 136 Å². The molecule has 3 rings (SSSR count). The van der Waals surface area contributed by atoms with Crippen LogP contribution in [0.15, 0.2) is 42.5 Å². The maximum absolute atomic E-state index is 12.8. The van der Waals surface area contributed by atoms with Gasteiger partial charge in [-0.05, 0) is 36.6 Å². The van der Waals surface area contributed by atoms with E-state index in [2.05, 4.69) is 0 Å². The van der Waals surface area contributed by atoms with Gasteiger partial charge in [0.25, 0.3) is 0 Å². The van der Waals surface area contributed by atoms with E-state index >= 15 is 0 Å². The molecule has 0 aliphatic carbocycles. The van der Waals surface area contributed by atoms with Crippen LogP contribution in [-0.2, 0) is 11.2 Å². The van der Waals surface area contributed by atoms with Crippen molar-refractivity contribution in [2.75, 3.05) is 18.6 Å². The van der Waals surface area contributed by atoms with E-state index < -0.39 is 6.10 Å². The van der Waals surface area contributed by atoms with E-state index in [1.807, 2.05) is 54.3 Å². The molecule has 1 unspecified atom stereocenters. The summed E-state index contributed by atoms with van der Waals surface area (Å²) in [6, 6.07) is 13.4. The highest BCUT2D eigenvalue weighted by atomic mass is 16.5. The van der Waals surface area contributed by atoms with Crippen LogP contribution in [0.4, 0.5) is 5.69 Å². The van der Waals surface area contributed by atoms with Gasteiger partial charge in [0.15, 0.2) is 0 Å². The van der Waals surface area contributed by atoms with Crippen molar-refractivity contribution in [2.24, 2.45) is 0 Å². The van der Waals surface area contributed by atoms with Crippen LogP contribution in [0, 0.1) is 6.92 Å². The normalized spacial score (nSPS) is 16.8. The Hall–Kier alpha value is -2.33. The second kappa shape index (κ2) is 6.42. The predicted octanol–water partition coefficient (Wildman–Crippen LogP) is 3.02. The summed E-state index contributed by atoms with van der Waals surface area (Å²) in [6.45, 7) is 2.53. The first-order valence-electron chi connectivity index (χ1n) is 7.81. The van der Waals surface area contributed by atoms with Crippen molar-refractivity contribution in [1.82, 2.24) is 0 Å². The highest BCUT2D eigenvalue weighted by Crippen LogP contribution is 2.36. The van der Waals surface area contributed by atoms with Crippen molar-refractivity contribution in [1.29, 1.82) is 0 Å². The van der Waals surface area contributed by atoms with E-state index in [0.29, 0.717) is 19.4 Å². The number of hydrogen-bond acceptors (Lipinski definition) is 3. The van der Waals surface area contributed by atoms with Gasteiger partial charge in [-0.15, -0.1) is 0 Å². The van der Waals surface area contributed by atoms with Gasteiger partial charge in [0.1, 0.15) is 5.75 Å². The van der Waals surface area contributed by atoms with Crippen molar-refractivity contribution < 1.29 is 14.6 Å². The van der Waals surface area contributed by atoms with Crippen LogP contribution < -0.4 is 9.64 Å². The number of carbonyl (C=O) groups is 1. The van der Waals surface area contributed by atoms with Crippen LogP contribution in [0.3, 0.4) is 0 Å². The average Bonchev–Trinajstić information content (AvgIpc) is 2.56. The van der Waals surface area contributed by atoms with E-state index in [1.54, 1.807) is 7.11 Å². The molecule has 0 spiro atoms.